The number of nitrogens with one attached hydrogen (secondary N) is 3. The molecule has 0 unspecified atom stereocenters. The quantitative estimate of drug-likeness (QED) is 0.633. The first-order chi connectivity index (χ1) is 9.65. The Hall–Kier alpha value is -2.90. The fraction of sp³-hybridized carbons (Fsp3) is 0.167. The molecule has 8 nitrogen and oxygen atoms in total. The Morgan fingerprint density at radius 1 is 1.25 bits per heavy atom. The second-order valence-corrected chi connectivity index (χ2v) is 3.97. The molecule has 2 aromatic rings. The molecule has 0 fully saturated rings. The predicted octanol–water partition coefficient (Wildman–Crippen LogP) is 0.502. The van der Waals surface area contributed by atoms with E-state index in [1.54, 1.807) is 12.1 Å². The molecule has 0 radical (unpaired) electrons. The van der Waals surface area contributed by atoms with E-state index >= 15 is 0 Å². The Balaban J connectivity index is 1.81. The molecule has 2 rings (SSSR count). The highest BCUT2D eigenvalue weighted by Gasteiger charge is 2.05. The summed E-state index contributed by atoms with van der Waals surface area (Å²) in [6.45, 7) is 0.477. The largest absolute Gasteiger partial charge is 0.478 e. The van der Waals surface area contributed by atoms with Crippen LogP contribution in [0.25, 0.3) is 0 Å². The molecule has 1 aromatic carbocycles. The molecule has 0 saturated carbocycles. The molecule has 2 amide bonds. The van der Waals surface area contributed by atoms with Crippen molar-refractivity contribution in [2.75, 3.05) is 0 Å². The van der Waals surface area contributed by atoms with E-state index in [1.807, 2.05) is 0 Å². The lowest BCUT2D eigenvalue weighted by atomic mass is 10.1. The number of carboxylic acid groups (broad SMARTS) is 1. The van der Waals surface area contributed by atoms with Crippen molar-refractivity contribution in [3.63, 3.8) is 0 Å². The smallest absolute Gasteiger partial charge is 0.335 e. The maximum atomic E-state index is 11.5. The van der Waals surface area contributed by atoms with Crippen LogP contribution in [-0.4, -0.2) is 32.3 Å². The second kappa shape index (κ2) is 6.32. The van der Waals surface area contributed by atoms with Crippen molar-refractivity contribution in [1.82, 2.24) is 25.8 Å². The van der Waals surface area contributed by atoms with Crippen LogP contribution in [0.1, 0.15) is 21.7 Å². The molecular formula is C12H13N5O3. The Morgan fingerprint density at radius 3 is 2.75 bits per heavy atom. The van der Waals surface area contributed by atoms with Gasteiger partial charge < -0.3 is 15.7 Å². The Labute approximate surface area is 114 Å². The molecule has 0 bridgehead atoms. The van der Waals surface area contributed by atoms with Gasteiger partial charge in [0, 0.05) is 6.54 Å². The molecule has 4 N–H and O–H groups in total. The normalized spacial score (nSPS) is 10.0. The van der Waals surface area contributed by atoms with Gasteiger partial charge in [0.05, 0.1) is 12.1 Å². The molecule has 1 heterocycles. The van der Waals surface area contributed by atoms with E-state index in [4.69, 9.17) is 5.11 Å². The zero-order valence-corrected chi connectivity index (χ0v) is 10.5. The van der Waals surface area contributed by atoms with Gasteiger partial charge in [0.15, 0.2) is 0 Å². The van der Waals surface area contributed by atoms with Gasteiger partial charge >= 0.3 is 12.0 Å². The lowest BCUT2D eigenvalue weighted by molar-refractivity contribution is 0.0696. The van der Waals surface area contributed by atoms with Crippen LogP contribution >= 0.6 is 0 Å². The summed E-state index contributed by atoms with van der Waals surface area (Å²) in [6.07, 6.45) is 1.35. The third-order valence-electron chi connectivity index (χ3n) is 2.51. The van der Waals surface area contributed by atoms with Crippen molar-refractivity contribution in [2.45, 2.75) is 13.1 Å². The minimum atomic E-state index is -0.998. The van der Waals surface area contributed by atoms with E-state index in [-0.39, 0.29) is 24.7 Å². The van der Waals surface area contributed by atoms with E-state index in [0.29, 0.717) is 11.4 Å². The topological polar surface area (TPSA) is 120 Å². The molecule has 0 aliphatic carbocycles. The molecule has 0 saturated heterocycles. The van der Waals surface area contributed by atoms with E-state index in [9.17, 15) is 9.59 Å². The van der Waals surface area contributed by atoms with Gasteiger partial charge in [0.2, 0.25) is 0 Å². The van der Waals surface area contributed by atoms with Crippen molar-refractivity contribution < 1.29 is 14.7 Å². The molecule has 0 atom stereocenters. The number of H-pyrrole nitrogens is 1. The maximum Gasteiger partial charge on any atom is 0.335 e. The highest BCUT2D eigenvalue weighted by molar-refractivity contribution is 5.87. The maximum absolute atomic E-state index is 11.5. The number of aromatic carboxylic acids is 1. The summed E-state index contributed by atoms with van der Waals surface area (Å²) in [5.41, 5.74) is 0.895. The Kier molecular flexibility index (Phi) is 4.28. The first-order valence-electron chi connectivity index (χ1n) is 5.83. The van der Waals surface area contributed by atoms with Gasteiger partial charge in [-0.3, -0.25) is 5.10 Å². The van der Waals surface area contributed by atoms with Crippen molar-refractivity contribution in [3.05, 3.63) is 47.5 Å². The summed E-state index contributed by atoms with van der Waals surface area (Å²) in [5.74, 6) is -0.449. The second-order valence-electron chi connectivity index (χ2n) is 3.97. The molecule has 20 heavy (non-hydrogen) atoms. The van der Waals surface area contributed by atoms with Gasteiger partial charge in [-0.1, -0.05) is 12.1 Å². The third kappa shape index (κ3) is 3.80. The monoisotopic (exact) mass is 275 g/mol. The van der Waals surface area contributed by atoms with Crippen molar-refractivity contribution >= 4 is 12.0 Å². The SMILES string of the molecule is O=C(NCc1cccc(C(=O)O)c1)NCc1ncn[nH]1. The number of carbonyl (C=O) groups is 2. The average Bonchev–Trinajstić information content (AvgIpc) is 2.96. The van der Waals surface area contributed by atoms with Crippen LogP contribution in [0.3, 0.4) is 0 Å². The summed E-state index contributed by atoms with van der Waals surface area (Å²) in [4.78, 5) is 26.2. The predicted molar refractivity (Wildman–Crippen MR) is 68.9 cm³/mol. The third-order valence-corrected chi connectivity index (χ3v) is 2.51. The highest BCUT2D eigenvalue weighted by Crippen LogP contribution is 2.04. The molecule has 0 aliphatic rings. The van der Waals surface area contributed by atoms with Crippen LogP contribution < -0.4 is 10.6 Å². The standard InChI is InChI=1S/C12H13N5O3/c18-11(19)9-3-1-2-8(4-9)5-13-12(20)14-6-10-15-7-16-17-10/h1-4,7H,5-6H2,(H,18,19)(H2,13,14,20)(H,15,16,17). The van der Waals surface area contributed by atoms with Crippen LogP contribution in [0.5, 0.6) is 0 Å². The minimum absolute atomic E-state index is 0.186. The van der Waals surface area contributed by atoms with Gasteiger partial charge in [-0.25, -0.2) is 14.6 Å². The van der Waals surface area contributed by atoms with E-state index < -0.39 is 5.97 Å². The number of hydrogen-bond acceptors (Lipinski definition) is 4. The van der Waals surface area contributed by atoms with E-state index in [1.165, 1.54) is 18.5 Å². The fourth-order valence-electron chi connectivity index (χ4n) is 1.54. The van der Waals surface area contributed by atoms with Gasteiger partial charge in [-0.05, 0) is 17.7 Å². The first kappa shape index (κ1) is 13.5. The summed E-state index contributed by atoms with van der Waals surface area (Å²) in [6, 6.07) is 6.01. The number of urea groups is 1. The number of aromatic amines is 1. The highest BCUT2D eigenvalue weighted by atomic mass is 16.4. The molecule has 0 spiro atoms. The lowest BCUT2D eigenvalue weighted by Crippen LogP contribution is -2.34. The van der Waals surface area contributed by atoms with Crippen LogP contribution in [-0.2, 0) is 13.1 Å². The average molecular weight is 275 g/mol. The molecule has 104 valence electrons. The van der Waals surface area contributed by atoms with E-state index in [2.05, 4.69) is 25.8 Å². The Bertz CT molecular complexity index is 597. The number of carbonyl (C=O) groups excluding carboxylic acids is 1. The van der Waals surface area contributed by atoms with Crippen LogP contribution in [0.4, 0.5) is 4.79 Å². The zero-order chi connectivity index (χ0) is 14.4. The van der Waals surface area contributed by atoms with Gasteiger partial charge in [0.25, 0.3) is 0 Å². The number of amides is 2. The molecular weight excluding hydrogens is 262 g/mol. The number of aromatic nitrogens is 3. The van der Waals surface area contributed by atoms with Gasteiger partial charge in [-0.2, -0.15) is 5.10 Å². The summed E-state index contributed by atoms with van der Waals surface area (Å²) in [7, 11) is 0. The van der Waals surface area contributed by atoms with Crippen LogP contribution in [0.15, 0.2) is 30.6 Å². The number of carboxylic acids is 1. The van der Waals surface area contributed by atoms with Crippen molar-refractivity contribution in [2.24, 2.45) is 0 Å². The number of rotatable bonds is 5. The van der Waals surface area contributed by atoms with Gasteiger partial charge in [0.1, 0.15) is 12.2 Å². The van der Waals surface area contributed by atoms with Crippen molar-refractivity contribution in [3.8, 4) is 0 Å². The number of hydrogen-bond donors (Lipinski definition) is 4. The zero-order valence-electron chi connectivity index (χ0n) is 10.5. The number of nitrogens with zero attached hydrogens (tertiary/aromatic N) is 2. The summed E-state index contributed by atoms with van der Waals surface area (Å²) in [5, 5.41) is 20.3. The minimum Gasteiger partial charge on any atom is -0.478 e. The molecule has 8 heteroatoms. The molecule has 1 aromatic heterocycles. The number of benzene rings is 1. The molecule has 0 aliphatic heterocycles. The van der Waals surface area contributed by atoms with Crippen LogP contribution in [0.2, 0.25) is 0 Å². The summed E-state index contributed by atoms with van der Waals surface area (Å²) < 4.78 is 0. The lowest BCUT2D eigenvalue weighted by Gasteiger charge is -2.07. The van der Waals surface area contributed by atoms with Crippen molar-refractivity contribution in [1.29, 1.82) is 0 Å². The van der Waals surface area contributed by atoms with Crippen LogP contribution in [0, 0.1) is 0 Å². The summed E-state index contributed by atoms with van der Waals surface area (Å²) >= 11 is 0. The Morgan fingerprint density at radius 2 is 2.05 bits per heavy atom. The fourth-order valence-corrected chi connectivity index (χ4v) is 1.54. The first-order valence-corrected chi connectivity index (χ1v) is 5.83. The van der Waals surface area contributed by atoms with Gasteiger partial charge in [-0.15, -0.1) is 0 Å². The van der Waals surface area contributed by atoms with E-state index in [0.717, 1.165) is 0 Å².